The highest BCUT2D eigenvalue weighted by Crippen LogP contribution is 2.29. The third-order valence-electron chi connectivity index (χ3n) is 2.56. The van der Waals surface area contributed by atoms with Gasteiger partial charge < -0.3 is 10.6 Å². The first-order valence-electron chi connectivity index (χ1n) is 6.00. The zero-order valence-electron chi connectivity index (χ0n) is 11.1. The monoisotopic (exact) mass is 262 g/mol. The van der Waals surface area contributed by atoms with Crippen LogP contribution in [0.4, 0.5) is 18.9 Å². The zero-order chi connectivity index (χ0) is 14.2. The highest BCUT2D eigenvalue weighted by atomic mass is 19.4. The van der Waals surface area contributed by atoms with Gasteiger partial charge in [-0.25, -0.2) is 0 Å². The SMILES string of the molecule is CCN(CC)CC.Nc1cccc(C(F)(F)F)c1. The minimum absolute atomic E-state index is 0.125. The second kappa shape index (κ2) is 7.97. The smallest absolute Gasteiger partial charge is 0.399 e. The van der Waals surface area contributed by atoms with E-state index in [-0.39, 0.29) is 5.69 Å². The van der Waals surface area contributed by atoms with Gasteiger partial charge in [-0.1, -0.05) is 26.8 Å². The summed E-state index contributed by atoms with van der Waals surface area (Å²) in [7, 11) is 0. The fraction of sp³-hybridized carbons (Fsp3) is 0.538. The van der Waals surface area contributed by atoms with Crippen molar-refractivity contribution in [3.05, 3.63) is 29.8 Å². The quantitative estimate of drug-likeness (QED) is 0.843. The van der Waals surface area contributed by atoms with Gasteiger partial charge in [-0.2, -0.15) is 13.2 Å². The molecule has 0 saturated heterocycles. The van der Waals surface area contributed by atoms with Crippen LogP contribution >= 0.6 is 0 Å². The van der Waals surface area contributed by atoms with E-state index in [1.165, 1.54) is 31.8 Å². The maximum absolute atomic E-state index is 11.9. The summed E-state index contributed by atoms with van der Waals surface area (Å²) in [4.78, 5) is 2.38. The maximum atomic E-state index is 11.9. The van der Waals surface area contributed by atoms with Crippen molar-refractivity contribution in [2.45, 2.75) is 26.9 Å². The molecule has 0 atom stereocenters. The Morgan fingerprint density at radius 2 is 1.56 bits per heavy atom. The first-order valence-corrected chi connectivity index (χ1v) is 6.00. The van der Waals surface area contributed by atoms with Gasteiger partial charge in [0.15, 0.2) is 0 Å². The Kier molecular flexibility index (Phi) is 7.43. The Balaban J connectivity index is 0.000000360. The summed E-state index contributed by atoms with van der Waals surface area (Å²) in [5.41, 5.74) is 4.57. The summed E-state index contributed by atoms with van der Waals surface area (Å²) in [6.45, 7) is 10.1. The van der Waals surface area contributed by atoms with Gasteiger partial charge in [0.2, 0.25) is 0 Å². The van der Waals surface area contributed by atoms with Crippen LogP contribution in [0.1, 0.15) is 26.3 Å². The number of hydrogen-bond acceptors (Lipinski definition) is 2. The van der Waals surface area contributed by atoms with Crippen LogP contribution in [0.25, 0.3) is 0 Å². The Labute approximate surface area is 107 Å². The minimum Gasteiger partial charge on any atom is -0.399 e. The van der Waals surface area contributed by atoms with Gasteiger partial charge in [0.1, 0.15) is 0 Å². The average Bonchev–Trinajstić information content (AvgIpc) is 2.31. The third-order valence-corrected chi connectivity index (χ3v) is 2.56. The van der Waals surface area contributed by atoms with Crippen LogP contribution in [0.15, 0.2) is 24.3 Å². The highest BCUT2D eigenvalue weighted by molar-refractivity contribution is 5.41. The standard InChI is InChI=1S/C7H6F3N.C6H15N/c8-7(9,10)5-2-1-3-6(11)4-5;1-4-7(5-2)6-3/h1-4H,11H2;4-6H2,1-3H3. The topological polar surface area (TPSA) is 29.3 Å². The van der Waals surface area contributed by atoms with E-state index in [4.69, 9.17) is 5.73 Å². The van der Waals surface area contributed by atoms with Crippen molar-refractivity contribution in [2.24, 2.45) is 0 Å². The average molecular weight is 262 g/mol. The Hall–Kier alpha value is -1.23. The maximum Gasteiger partial charge on any atom is 0.416 e. The summed E-state index contributed by atoms with van der Waals surface area (Å²) in [5, 5.41) is 0. The molecule has 0 bridgehead atoms. The Morgan fingerprint density at radius 1 is 1.06 bits per heavy atom. The minimum atomic E-state index is -4.30. The number of benzene rings is 1. The second-order valence-electron chi connectivity index (χ2n) is 3.74. The molecule has 0 aliphatic rings. The van der Waals surface area contributed by atoms with Crippen molar-refractivity contribution in [2.75, 3.05) is 25.4 Å². The van der Waals surface area contributed by atoms with Crippen LogP contribution in [0.2, 0.25) is 0 Å². The third kappa shape index (κ3) is 6.49. The van der Waals surface area contributed by atoms with Gasteiger partial charge >= 0.3 is 6.18 Å². The zero-order valence-corrected chi connectivity index (χ0v) is 11.1. The lowest BCUT2D eigenvalue weighted by atomic mass is 10.2. The van der Waals surface area contributed by atoms with Gasteiger partial charge in [0, 0.05) is 5.69 Å². The molecule has 1 aromatic rings. The molecule has 2 nitrogen and oxygen atoms in total. The van der Waals surface area contributed by atoms with E-state index in [1.54, 1.807) is 0 Å². The van der Waals surface area contributed by atoms with E-state index in [2.05, 4.69) is 25.7 Å². The highest BCUT2D eigenvalue weighted by Gasteiger charge is 2.30. The van der Waals surface area contributed by atoms with Crippen LogP contribution in [0, 0.1) is 0 Å². The summed E-state index contributed by atoms with van der Waals surface area (Å²) in [5.74, 6) is 0. The summed E-state index contributed by atoms with van der Waals surface area (Å²) >= 11 is 0. The number of halogens is 3. The van der Waals surface area contributed by atoms with Crippen molar-refractivity contribution >= 4 is 5.69 Å². The Bertz CT molecular complexity index is 328. The van der Waals surface area contributed by atoms with Crippen molar-refractivity contribution < 1.29 is 13.2 Å². The normalized spacial score (nSPS) is 11.1. The first-order chi connectivity index (χ1) is 8.35. The number of alkyl halides is 3. The van der Waals surface area contributed by atoms with Gasteiger partial charge in [0.25, 0.3) is 0 Å². The summed E-state index contributed by atoms with van der Waals surface area (Å²) in [6.07, 6.45) is -4.30. The molecule has 0 amide bonds. The van der Waals surface area contributed by atoms with E-state index < -0.39 is 11.7 Å². The molecule has 5 heteroatoms. The predicted octanol–water partition coefficient (Wildman–Crippen LogP) is 3.64. The molecule has 104 valence electrons. The van der Waals surface area contributed by atoms with Crippen molar-refractivity contribution in [3.63, 3.8) is 0 Å². The van der Waals surface area contributed by atoms with Crippen LogP contribution in [-0.4, -0.2) is 24.5 Å². The second-order valence-corrected chi connectivity index (χ2v) is 3.74. The molecule has 2 N–H and O–H groups in total. The van der Waals surface area contributed by atoms with Crippen molar-refractivity contribution in [1.29, 1.82) is 0 Å². The molecule has 0 spiro atoms. The van der Waals surface area contributed by atoms with E-state index >= 15 is 0 Å². The first kappa shape index (κ1) is 16.8. The van der Waals surface area contributed by atoms with Crippen LogP contribution in [0.3, 0.4) is 0 Å². The van der Waals surface area contributed by atoms with E-state index in [9.17, 15) is 13.2 Å². The number of anilines is 1. The van der Waals surface area contributed by atoms with E-state index in [1.807, 2.05) is 0 Å². The molecule has 0 unspecified atom stereocenters. The van der Waals surface area contributed by atoms with Crippen molar-refractivity contribution in [1.82, 2.24) is 4.90 Å². The van der Waals surface area contributed by atoms with Gasteiger partial charge in [-0.3, -0.25) is 0 Å². The van der Waals surface area contributed by atoms with Crippen molar-refractivity contribution in [3.8, 4) is 0 Å². The summed E-state index contributed by atoms with van der Waals surface area (Å²) < 4.78 is 35.7. The number of nitrogens with zero attached hydrogens (tertiary/aromatic N) is 1. The largest absolute Gasteiger partial charge is 0.416 e. The molecule has 0 saturated carbocycles. The molecule has 0 aromatic heterocycles. The lowest BCUT2D eigenvalue weighted by Gasteiger charge is -2.13. The molecule has 1 rings (SSSR count). The number of nitrogens with two attached hydrogens (primary N) is 1. The predicted molar refractivity (Wildman–Crippen MR) is 69.3 cm³/mol. The van der Waals surface area contributed by atoms with E-state index in [0.717, 1.165) is 12.1 Å². The molecular formula is C13H21F3N2. The summed E-state index contributed by atoms with van der Waals surface area (Å²) in [6, 6.07) is 4.57. The molecule has 0 aliphatic heterocycles. The molecule has 0 fully saturated rings. The lowest BCUT2D eigenvalue weighted by molar-refractivity contribution is -0.137. The number of rotatable bonds is 3. The fourth-order valence-electron chi connectivity index (χ4n) is 1.39. The molecule has 0 radical (unpaired) electrons. The van der Waals surface area contributed by atoms with Gasteiger partial charge in [-0.05, 0) is 37.8 Å². The molecule has 0 aliphatic carbocycles. The molecular weight excluding hydrogens is 241 g/mol. The molecule has 1 aromatic carbocycles. The fourth-order valence-corrected chi connectivity index (χ4v) is 1.39. The van der Waals surface area contributed by atoms with Gasteiger partial charge in [-0.15, -0.1) is 0 Å². The van der Waals surface area contributed by atoms with Gasteiger partial charge in [0.05, 0.1) is 5.56 Å². The van der Waals surface area contributed by atoms with Crippen LogP contribution < -0.4 is 5.73 Å². The Morgan fingerprint density at radius 3 is 1.78 bits per heavy atom. The lowest BCUT2D eigenvalue weighted by Crippen LogP contribution is -2.21. The van der Waals surface area contributed by atoms with Crippen LogP contribution in [0.5, 0.6) is 0 Å². The molecule has 18 heavy (non-hydrogen) atoms. The number of hydrogen-bond donors (Lipinski definition) is 1. The van der Waals surface area contributed by atoms with Crippen LogP contribution in [-0.2, 0) is 6.18 Å². The molecule has 0 heterocycles. The number of nitrogen functional groups attached to an aromatic ring is 1. The van der Waals surface area contributed by atoms with E-state index in [0.29, 0.717) is 0 Å².